The van der Waals surface area contributed by atoms with Crippen LogP contribution < -0.4 is 5.32 Å². The first-order chi connectivity index (χ1) is 8.37. The minimum atomic E-state index is -0.326. The molecule has 1 saturated carbocycles. The third kappa shape index (κ3) is 5.25. The molecule has 0 aromatic carbocycles. The van der Waals surface area contributed by atoms with Gasteiger partial charge in [-0.25, -0.2) is 4.79 Å². The minimum absolute atomic E-state index is 0.233. The Bertz CT molecular complexity index is 265. The van der Waals surface area contributed by atoms with Gasteiger partial charge in [-0.1, -0.05) is 12.8 Å². The number of rotatable bonds is 5. The summed E-state index contributed by atoms with van der Waals surface area (Å²) in [6, 6.07) is 0. The van der Waals surface area contributed by atoms with E-state index in [4.69, 9.17) is 9.47 Å². The van der Waals surface area contributed by atoms with Crippen LogP contribution in [0.3, 0.4) is 0 Å². The summed E-state index contributed by atoms with van der Waals surface area (Å²) < 4.78 is 10.6. The lowest BCUT2D eigenvalue weighted by Crippen LogP contribution is -2.41. The van der Waals surface area contributed by atoms with Gasteiger partial charge >= 0.3 is 6.09 Å². The first-order valence-electron chi connectivity index (χ1n) is 6.81. The van der Waals surface area contributed by atoms with Crippen molar-refractivity contribution in [1.29, 1.82) is 0 Å². The molecular weight excluding hydrogens is 230 g/mol. The summed E-state index contributed by atoms with van der Waals surface area (Å²) in [5.74, 6) is 0. The largest absolute Gasteiger partial charge is 0.450 e. The molecule has 1 aliphatic carbocycles. The maximum atomic E-state index is 11.5. The Morgan fingerprint density at radius 2 is 1.89 bits per heavy atom. The van der Waals surface area contributed by atoms with E-state index in [1.54, 1.807) is 7.11 Å². The molecule has 0 aromatic heterocycles. The molecule has 0 radical (unpaired) electrons. The van der Waals surface area contributed by atoms with Crippen molar-refractivity contribution in [2.24, 2.45) is 5.41 Å². The van der Waals surface area contributed by atoms with Crippen molar-refractivity contribution in [1.82, 2.24) is 5.32 Å². The average molecular weight is 257 g/mol. The standard InChI is InChI=1S/C14H27NO3/c1-13(2,3)15-12(16)18-10-9-14(11-17-4)7-5-6-8-14/h5-11H2,1-4H3,(H,15,16). The Hall–Kier alpha value is -0.770. The molecule has 1 N–H and O–H groups in total. The van der Waals surface area contributed by atoms with Gasteiger partial charge in [-0.05, 0) is 45.4 Å². The smallest absolute Gasteiger partial charge is 0.407 e. The zero-order valence-corrected chi connectivity index (χ0v) is 12.2. The van der Waals surface area contributed by atoms with E-state index in [0.717, 1.165) is 13.0 Å². The van der Waals surface area contributed by atoms with E-state index < -0.39 is 0 Å². The van der Waals surface area contributed by atoms with E-state index in [1.807, 2.05) is 20.8 Å². The van der Waals surface area contributed by atoms with Crippen molar-refractivity contribution < 1.29 is 14.3 Å². The summed E-state index contributed by atoms with van der Waals surface area (Å²) in [5, 5.41) is 2.80. The molecule has 18 heavy (non-hydrogen) atoms. The first kappa shape index (κ1) is 15.3. The highest BCUT2D eigenvalue weighted by Crippen LogP contribution is 2.41. The third-order valence-electron chi connectivity index (χ3n) is 3.46. The molecule has 0 bridgehead atoms. The molecule has 1 rings (SSSR count). The Morgan fingerprint density at radius 1 is 1.28 bits per heavy atom. The van der Waals surface area contributed by atoms with Gasteiger partial charge in [-0.15, -0.1) is 0 Å². The number of alkyl carbamates (subject to hydrolysis) is 1. The van der Waals surface area contributed by atoms with Crippen molar-refractivity contribution in [2.45, 2.75) is 58.4 Å². The van der Waals surface area contributed by atoms with Gasteiger partial charge in [-0.3, -0.25) is 0 Å². The summed E-state index contributed by atoms with van der Waals surface area (Å²) in [4.78, 5) is 11.5. The highest BCUT2D eigenvalue weighted by molar-refractivity contribution is 5.67. The lowest BCUT2D eigenvalue weighted by atomic mass is 9.84. The zero-order valence-electron chi connectivity index (χ0n) is 12.2. The number of carbonyl (C=O) groups is 1. The van der Waals surface area contributed by atoms with Crippen LogP contribution in [-0.4, -0.2) is 32.0 Å². The monoisotopic (exact) mass is 257 g/mol. The molecule has 0 heterocycles. The number of hydrogen-bond donors (Lipinski definition) is 1. The summed E-state index contributed by atoms with van der Waals surface area (Å²) >= 11 is 0. The average Bonchev–Trinajstić information content (AvgIpc) is 2.64. The van der Waals surface area contributed by atoms with Gasteiger partial charge in [0.1, 0.15) is 0 Å². The molecule has 4 nitrogen and oxygen atoms in total. The number of amides is 1. The SMILES string of the molecule is COCC1(CCOC(=O)NC(C)(C)C)CCCC1. The Morgan fingerprint density at radius 3 is 2.39 bits per heavy atom. The molecule has 1 amide bonds. The van der Waals surface area contributed by atoms with Crippen LogP contribution in [0.15, 0.2) is 0 Å². The van der Waals surface area contributed by atoms with Gasteiger partial charge < -0.3 is 14.8 Å². The van der Waals surface area contributed by atoms with Crippen LogP contribution in [0.5, 0.6) is 0 Å². The molecule has 1 aliphatic rings. The lowest BCUT2D eigenvalue weighted by molar-refractivity contribution is 0.0535. The predicted molar refractivity (Wildman–Crippen MR) is 71.6 cm³/mol. The van der Waals surface area contributed by atoms with Gasteiger partial charge in [0, 0.05) is 12.6 Å². The number of nitrogens with one attached hydrogen (secondary N) is 1. The van der Waals surface area contributed by atoms with Crippen LogP contribution in [0.1, 0.15) is 52.9 Å². The van der Waals surface area contributed by atoms with E-state index in [2.05, 4.69) is 5.32 Å². The molecule has 0 aromatic rings. The van der Waals surface area contributed by atoms with Gasteiger partial charge in [-0.2, -0.15) is 0 Å². The topological polar surface area (TPSA) is 47.6 Å². The molecule has 0 saturated heterocycles. The highest BCUT2D eigenvalue weighted by Gasteiger charge is 2.33. The second-order valence-corrected chi connectivity index (χ2v) is 6.40. The van der Waals surface area contributed by atoms with Crippen molar-refractivity contribution in [2.75, 3.05) is 20.3 Å². The normalized spacial score (nSPS) is 18.7. The van der Waals surface area contributed by atoms with Gasteiger partial charge in [0.05, 0.1) is 13.2 Å². The molecule has 106 valence electrons. The minimum Gasteiger partial charge on any atom is -0.450 e. The van der Waals surface area contributed by atoms with Crippen LogP contribution in [0.4, 0.5) is 4.79 Å². The zero-order chi connectivity index (χ0) is 13.6. The molecular formula is C14H27NO3. The molecule has 1 fully saturated rings. The number of carbonyl (C=O) groups excluding carboxylic acids is 1. The second kappa shape index (κ2) is 6.41. The van der Waals surface area contributed by atoms with Gasteiger partial charge in [0.15, 0.2) is 0 Å². The Balaban J connectivity index is 2.29. The first-order valence-corrected chi connectivity index (χ1v) is 6.81. The lowest BCUT2D eigenvalue weighted by Gasteiger charge is -2.28. The van der Waals surface area contributed by atoms with Crippen molar-refractivity contribution in [3.05, 3.63) is 0 Å². The van der Waals surface area contributed by atoms with Crippen molar-refractivity contribution in [3.8, 4) is 0 Å². The highest BCUT2D eigenvalue weighted by atomic mass is 16.5. The quantitative estimate of drug-likeness (QED) is 0.823. The van der Waals surface area contributed by atoms with E-state index >= 15 is 0 Å². The Labute approximate surface area is 110 Å². The molecule has 4 heteroatoms. The summed E-state index contributed by atoms with van der Waals surface area (Å²) in [5.41, 5.74) is -0.00851. The van der Waals surface area contributed by atoms with Gasteiger partial charge in [0.25, 0.3) is 0 Å². The second-order valence-electron chi connectivity index (χ2n) is 6.40. The molecule has 0 aliphatic heterocycles. The predicted octanol–water partition coefficient (Wildman–Crippen LogP) is 3.11. The van der Waals surface area contributed by atoms with E-state index in [-0.39, 0.29) is 17.0 Å². The number of hydrogen-bond acceptors (Lipinski definition) is 3. The number of ether oxygens (including phenoxy) is 2. The van der Waals surface area contributed by atoms with E-state index in [1.165, 1.54) is 25.7 Å². The van der Waals surface area contributed by atoms with Crippen LogP contribution >= 0.6 is 0 Å². The Kier molecular flexibility index (Phi) is 5.45. The van der Waals surface area contributed by atoms with E-state index in [0.29, 0.717) is 6.61 Å². The van der Waals surface area contributed by atoms with Crippen LogP contribution in [0.2, 0.25) is 0 Å². The van der Waals surface area contributed by atoms with Crippen LogP contribution in [-0.2, 0) is 9.47 Å². The van der Waals surface area contributed by atoms with Crippen molar-refractivity contribution >= 4 is 6.09 Å². The van der Waals surface area contributed by atoms with Gasteiger partial charge in [0.2, 0.25) is 0 Å². The maximum absolute atomic E-state index is 11.5. The maximum Gasteiger partial charge on any atom is 0.407 e. The van der Waals surface area contributed by atoms with Crippen LogP contribution in [0.25, 0.3) is 0 Å². The molecule has 0 atom stereocenters. The summed E-state index contributed by atoms with van der Waals surface area (Å²) in [7, 11) is 1.74. The van der Waals surface area contributed by atoms with Crippen LogP contribution in [0, 0.1) is 5.41 Å². The fraction of sp³-hybridized carbons (Fsp3) is 0.929. The summed E-state index contributed by atoms with van der Waals surface area (Å²) in [6.45, 7) is 7.08. The molecule has 0 spiro atoms. The third-order valence-corrected chi connectivity index (χ3v) is 3.46. The van der Waals surface area contributed by atoms with Crippen molar-refractivity contribution in [3.63, 3.8) is 0 Å². The van der Waals surface area contributed by atoms with E-state index in [9.17, 15) is 4.79 Å². The fourth-order valence-electron chi connectivity index (χ4n) is 2.60. The fourth-order valence-corrected chi connectivity index (χ4v) is 2.60. The summed E-state index contributed by atoms with van der Waals surface area (Å²) in [6.07, 6.45) is 5.47. The molecule has 0 unspecified atom stereocenters. The number of methoxy groups -OCH3 is 1.